The summed E-state index contributed by atoms with van der Waals surface area (Å²) in [6.45, 7) is 2.32. The van der Waals surface area contributed by atoms with Crippen LogP contribution < -0.4 is 16.0 Å². The largest absolute Gasteiger partial charge is 0.350 e. The number of nitrogens with one attached hydrogen (secondary N) is 3. The molecule has 1 heterocycles. The fourth-order valence-electron chi connectivity index (χ4n) is 3.63. The smallest absolute Gasteiger partial charge is 0.323 e. The normalized spacial score (nSPS) is 10.6. The van der Waals surface area contributed by atoms with Gasteiger partial charge in [-0.15, -0.1) is 0 Å². The number of carbonyl (C=O) groups excluding carboxylic acids is 2. The SMILES string of the molecule is Cc1cccc(NC(=O)Nc2cccc(CNC(=O)Cn3ccc4cc([N+](=O)[O-])ccc43)c2)c1. The quantitative estimate of drug-likeness (QED) is 0.272. The fraction of sp³-hybridized carbons (Fsp3) is 0.120. The lowest BCUT2D eigenvalue weighted by Gasteiger charge is -2.11. The van der Waals surface area contributed by atoms with Gasteiger partial charge < -0.3 is 20.5 Å². The molecular weight excluding hydrogens is 434 g/mol. The zero-order valence-electron chi connectivity index (χ0n) is 18.4. The molecule has 0 aliphatic heterocycles. The lowest BCUT2D eigenvalue weighted by Crippen LogP contribution is -2.27. The minimum Gasteiger partial charge on any atom is -0.350 e. The van der Waals surface area contributed by atoms with Crippen LogP contribution in [-0.2, 0) is 17.9 Å². The van der Waals surface area contributed by atoms with Crippen molar-refractivity contribution in [2.75, 3.05) is 10.6 Å². The molecule has 34 heavy (non-hydrogen) atoms. The number of fused-ring (bicyclic) bond motifs is 1. The summed E-state index contributed by atoms with van der Waals surface area (Å²) >= 11 is 0. The molecule has 0 bridgehead atoms. The molecule has 0 spiro atoms. The van der Waals surface area contributed by atoms with Gasteiger partial charge in [0.05, 0.1) is 4.92 Å². The van der Waals surface area contributed by atoms with Gasteiger partial charge in [0.15, 0.2) is 0 Å². The van der Waals surface area contributed by atoms with Gasteiger partial charge in [-0.25, -0.2) is 4.79 Å². The number of amides is 3. The first-order valence-corrected chi connectivity index (χ1v) is 10.6. The first-order valence-electron chi connectivity index (χ1n) is 10.6. The average Bonchev–Trinajstić information content (AvgIpc) is 3.19. The van der Waals surface area contributed by atoms with E-state index in [1.165, 1.54) is 12.1 Å². The molecule has 3 N–H and O–H groups in total. The number of hydrogen-bond acceptors (Lipinski definition) is 4. The number of nitro groups is 1. The summed E-state index contributed by atoms with van der Waals surface area (Å²) in [4.78, 5) is 35.2. The number of urea groups is 1. The number of benzene rings is 3. The Hall–Kier alpha value is -4.66. The van der Waals surface area contributed by atoms with Crippen molar-refractivity contribution in [1.82, 2.24) is 9.88 Å². The van der Waals surface area contributed by atoms with Gasteiger partial charge in [0.25, 0.3) is 5.69 Å². The second-order valence-corrected chi connectivity index (χ2v) is 7.87. The molecule has 3 amide bonds. The topological polar surface area (TPSA) is 118 Å². The Morgan fingerprint density at radius 1 is 0.941 bits per heavy atom. The van der Waals surface area contributed by atoms with Crippen LogP contribution in [0.4, 0.5) is 21.9 Å². The number of non-ortho nitro benzene ring substituents is 1. The molecule has 3 aromatic carbocycles. The molecule has 0 unspecified atom stereocenters. The van der Waals surface area contributed by atoms with E-state index in [1.807, 2.05) is 37.3 Å². The van der Waals surface area contributed by atoms with Crippen LogP contribution in [0.25, 0.3) is 10.9 Å². The minimum absolute atomic E-state index is 0.00996. The van der Waals surface area contributed by atoms with Crippen LogP contribution in [0.5, 0.6) is 0 Å². The minimum atomic E-state index is -0.446. The van der Waals surface area contributed by atoms with Gasteiger partial charge in [-0.3, -0.25) is 14.9 Å². The maximum absolute atomic E-state index is 12.5. The Morgan fingerprint density at radius 2 is 1.68 bits per heavy atom. The number of nitrogens with zero attached hydrogens (tertiary/aromatic N) is 2. The third kappa shape index (κ3) is 5.57. The highest BCUT2D eigenvalue weighted by molar-refractivity contribution is 5.99. The predicted molar refractivity (Wildman–Crippen MR) is 131 cm³/mol. The fourth-order valence-corrected chi connectivity index (χ4v) is 3.63. The van der Waals surface area contributed by atoms with E-state index in [1.54, 1.807) is 41.1 Å². The van der Waals surface area contributed by atoms with E-state index in [0.29, 0.717) is 23.3 Å². The first-order chi connectivity index (χ1) is 16.4. The molecule has 172 valence electrons. The zero-order valence-corrected chi connectivity index (χ0v) is 18.4. The van der Waals surface area contributed by atoms with Crippen molar-refractivity contribution in [2.24, 2.45) is 0 Å². The second kappa shape index (κ2) is 9.86. The molecule has 4 aromatic rings. The van der Waals surface area contributed by atoms with Crippen LogP contribution in [0.3, 0.4) is 0 Å². The van der Waals surface area contributed by atoms with E-state index in [2.05, 4.69) is 16.0 Å². The molecular formula is C25H23N5O4. The van der Waals surface area contributed by atoms with Crippen LogP contribution in [0.1, 0.15) is 11.1 Å². The summed E-state index contributed by atoms with van der Waals surface area (Å²) in [6.07, 6.45) is 1.73. The molecule has 1 aromatic heterocycles. The van der Waals surface area contributed by atoms with E-state index in [-0.39, 0.29) is 24.2 Å². The van der Waals surface area contributed by atoms with Gasteiger partial charge in [0.2, 0.25) is 5.91 Å². The summed E-state index contributed by atoms with van der Waals surface area (Å²) in [6, 6.07) is 20.7. The Morgan fingerprint density at radius 3 is 2.41 bits per heavy atom. The number of carbonyl (C=O) groups is 2. The second-order valence-electron chi connectivity index (χ2n) is 7.87. The Labute approximate surface area is 195 Å². The van der Waals surface area contributed by atoms with E-state index in [0.717, 1.165) is 16.6 Å². The Kier molecular flexibility index (Phi) is 6.54. The molecule has 4 rings (SSSR count). The molecule has 0 aliphatic rings. The molecule has 0 atom stereocenters. The summed E-state index contributed by atoms with van der Waals surface area (Å²) in [5.41, 5.74) is 3.93. The summed E-state index contributed by atoms with van der Waals surface area (Å²) < 4.78 is 1.74. The van der Waals surface area contributed by atoms with Gasteiger partial charge in [-0.2, -0.15) is 0 Å². The summed E-state index contributed by atoms with van der Waals surface area (Å²) in [5.74, 6) is -0.202. The standard InChI is InChI=1S/C25H23N5O4/c1-17-4-2-6-20(12-17)27-25(32)28-21-7-3-5-18(13-21)15-26-24(31)16-29-11-10-19-14-22(30(33)34)8-9-23(19)29/h2-14H,15-16H2,1H3,(H,26,31)(H2,27,28,32). The molecule has 0 fully saturated rings. The monoisotopic (exact) mass is 457 g/mol. The van der Waals surface area contributed by atoms with Gasteiger partial charge in [0.1, 0.15) is 6.54 Å². The lowest BCUT2D eigenvalue weighted by molar-refractivity contribution is -0.384. The third-order valence-corrected chi connectivity index (χ3v) is 5.23. The maximum Gasteiger partial charge on any atom is 0.323 e. The number of aromatic nitrogens is 1. The van der Waals surface area contributed by atoms with Gasteiger partial charge in [0, 0.05) is 47.2 Å². The van der Waals surface area contributed by atoms with E-state index in [9.17, 15) is 19.7 Å². The van der Waals surface area contributed by atoms with E-state index in [4.69, 9.17) is 0 Å². The highest BCUT2D eigenvalue weighted by Gasteiger charge is 2.11. The zero-order chi connectivity index (χ0) is 24.1. The van der Waals surface area contributed by atoms with Crippen molar-refractivity contribution < 1.29 is 14.5 Å². The predicted octanol–water partition coefficient (Wildman–Crippen LogP) is 4.82. The number of nitro benzene ring substituents is 1. The molecule has 0 saturated carbocycles. The van der Waals surface area contributed by atoms with Crippen molar-refractivity contribution in [3.05, 3.63) is 100 Å². The highest BCUT2D eigenvalue weighted by Crippen LogP contribution is 2.22. The van der Waals surface area contributed by atoms with Crippen LogP contribution in [-0.4, -0.2) is 21.4 Å². The van der Waals surface area contributed by atoms with Crippen molar-refractivity contribution in [1.29, 1.82) is 0 Å². The Bertz CT molecular complexity index is 1380. The molecule has 0 radical (unpaired) electrons. The Balaban J connectivity index is 1.33. The van der Waals surface area contributed by atoms with Gasteiger partial charge >= 0.3 is 6.03 Å². The van der Waals surface area contributed by atoms with E-state index < -0.39 is 4.92 Å². The summed E-state index contributed by atoms with van der Waals surface area (Å²) in [7, 11) is 0. The first kappa shape index (κ1) is 22.5. The molecule has 9 nitrogen and oxygen atoms in total. The number of hydrogen-bond donors (Lipinski definition) is 3. The average molecular weight is 457 g/mol. The number of aryl methyl sites for hydroxylation is 1. The number of rotatable bonds is 7. The van der Waals surface area contributed by atoms with Gasteiger partial charge in [-0.1, -0.05) is 24.3 Å². The van der Waals surface area contributed by atoms with Crippen LogP contribution >= 0.6 is 0 Å². The highest BCUT2D eigenvalue weighted by atomic mass is 16.6. The summed E-state index contributed by atoms with van der Waals surface area (Å²) in [5, 5.41) is 20.1. The van der Waals surface area contributed by atoms with Crippen molar-refractivity contribution in [3.8, 4) is 0 Å². The van der Waals surface area contributed by atoms with Crippen LogP contribution in [0, 0.1) is 17.0 Å². The van der Waals surface area contributed by atoms with E-state index >= 15 is 0 Å². The molecule has 9 heteroatoms. The van der Waals surface area contributed by atoms with Crippen molar-refractivity contribution in [2.45, 2.75) is 20.0 Å². The number of anilines is 2. The van der Waals surface area contributed by atoms with Crippen LogP contribution in [0.2, 0.25) is 0 Å². The van der Waals surface area contributed by atoms with Gasteiger partial charge in [-0.05, 0) is 54.4 Å². The van der Waals surface area contributed by atoms with Crippen LogP contribution in [0.15, 0.2) is 79.0 Å². The van der Waals surface area contributed by atoms with Crippen molar-refractivity contribution >= 4 is 39.9 Å². The molecule has 0 aliphatic carbocycles. The van der Waals surface area contributed by atoms with Crippen molar-refractivity contribution in [3.63, 3.8) is 0 Å². The maximum atomic E-state index is 12.5. The third-order valence-electron chi connectivity index (χ3n) is 5.23. The molecule has 0 saturated heterocycles. The lowest BCUT2D eigenvalue weighted by atomic mass is 10.2.